The third-order valence-electron chi connectivity index (χ3n) is 1.90. The molecule has 0 saturated heterocycles. The van der Waals surface area contributed by atoms with Gasteiger partial charge in [-0.25, -0.2) is 0 Å². The van der Waals surface area contributed by atoms with Crippen LogP contribution in [0.15, 0.2) is 12.4 Å². The van der Waals surface area contributed by atoms with Gasteiger partial charge in [-0.2, -0.15) is 5.10 Å². The van der Waals surface area contributed by atoms with Crippen LogP contribution in [0, 0.1) is 0 Å². The molecule has 1 N–H and O–H groups in total. The molecule has 0 aromatic carbocycles. The van der Waals surface area contributed by atoms with Gasteiger partial charge in [0, 0.05) is 26.0 Å². The van der Waals surface area contributed by atoms with Crippen molar-refractivity contribution in [3.8, 4) is 0 Å². The van der Waals surface area contributed by atoms with Crippen LogP contribution >= 0.6 is 11.6 Å². The standard InChI is InChI=1S/C10H16ClN3O2/c1-2-16-5-3-4-12-10(15)8-14-7-9(11)6-13-14/h6-7H,2-5,8H2,1H3,(H,12,15). The SMILES string of the molecule is CCOCCCNC(=O)Cn1cc(Cl)cn1. The Labute approximate surface area is 99.7 Å². The molecule has 0 aliphatic rings. The Morgan fingerprint density at radius 2 is 2.50 bits per heavy atom. The summed E-state index contributed by atoms with van der Waals surface area (Å²) in [6, 6.07) is 0. The zero-order valence-corrected chi connectivity index (χ0v) is 10.0. The Morgan fingerprint density at radius 1 is 1.69 bits per heavy atom. The van der Waals surface area contributed by atoms with Crippen molar-refractivity contribution in [2.24, 2.45) is 0 Å². The van der Waals surface area contributed by atoms with E-state index in [1.807, 2.05) is 6.92 Å². The molecular weight excluding hydrogens is 230 g/mol. The molecule has 90 valence electrons. The Bertz CT molecular complexity index is 328. The molecule has 1 amide bonds. The highest BCUT2D eigenvalue weighted by molar-refractivity contribution is 6.30. The average molecular weight is 246 g/mol. The normalized spacial score (nSPS) is 10.4. The van der Waals surface area contributed by atoms with E-state index in [0.29, 0.717) is 24.8 Å². The van der Waals surface area contributed by atoms with Crippen LogP contribution in [0.2, 0.25) is 5.02 Å². The summed E-state index contributed by atoms with van der Waals surface area (Å²) in [6.45, 7) is 4.14. The van der Waals surface area contributed by atoms with Crippen LogP contribution in [0.25, 0.3) is 0 Å². The minimum atomic E-state index is -0.0729. The van der Waals surface area contributed by atoms with Crippen molar-refractivity contribution in [1.82, 2.24) is 15.1 Å². The molecule has 0 unspecified atom stereocenters. The Morgan fingerprint density at radius 3 is 3.12 bits per heavy atom. The lowest BCUT2D eigenvalue weighted by Gasteiger charge is -2.05. The van der Waals surface area contributed by atoms with E-state index in [0.717, 1.165) is 6.42 Å². The van der Waals surface area contributed by atoms with Crippen LogP contribution in [0.1, 0.15) is 13.3 Å². The molecule has 0 bridgehead atoms. The first-order valence-corrected chi connectivity index (χ1v) is 5.62. The van der Waals surface area contributed by atoms with Gasteiger partial charge in [0.25, 0.3) is 0 Å². The second kappa shape index (κ2) is 7.24. The van der Waals surface area contributed by atoms with Crippen molar-refractivity contribution in [2.45, 2.75) is 19.9 Å². The summed E-state index contributed by atoms with van der Waals surface area (Å²) >= 11 is 5.67. The highest BCUT2D eigenvalue weighted by atomic mass is 35.5. The van der Waals surface area contributed by atoms with Gasteiger partial charge in [0.15, 0.2) is 0 Å². The van der Waals surface area contributed by atoms with Gasteiger partial charge < -0.3 is 10.1 Å². The van der Waals surface area contributed by atoms with Crippen molar-refractivity contribution >= 4 is 17.5 Å². The summed E-state index contributed by atoms with van der Waals surface area (Å²) in [6.07, 6.45) is 3.94. The van der Waals surface area contributed by atoms with Crippen molar-refractivity contribution < 1.29 is 9.53 Å². The number of hydrogen-bond acceptors (Lipinski definition) is 3. The molecule has 6 heteroatoms. The minimum Gasteiger partial charge on any atom is -0.382 e. The molecule has 0 saturated carbocycles. The number of carbonyl (C=O) groups excluding carboxylic acids is 1. The molecule has 0 atom stereocenters. The largest absolute Gasteiger partial charge is 0.382 e. The smallest absolute Gasteiger partial charge is 0.241 e. The van der Waals surface area contributed by atoms with Crippen LogP contribution in [-0.2, 0) is 16.1 Å². The summed E-state index contributed by atoms with van der Waals surface area (Å²) < 4.78 is 6.65. The maximum atomic E-state index is 11.4. The van der Waals surface area contributed by atoms with Crippen LogP contribution in [-0.4, -0.2) is 35.4 Å². The van der Waals surface area contributed by atoms with E-state index in [-0.39, 0.29) is 12.5 Å². The van der Waals surface area contributed by atoms with E-state index in [1.54, 1.807) is 6.20 Å². The first-order chi connectivity index (χ1) is 7.72. The van der Waals surface area contributed by atoms with E-state index >= 15 is 0 Å². The number of amides is 1. The monoisotopic (exact) mass is 245 g/mol. The summed E-state index contributed by atoms with van der Waals surface area (Å²) in [5.74, 6) is -0.0729. The number of aromatic nitrogens is 2. The molecule has 16 heavy (non-hydrogen) atoms. The second-order valence-electron chi connectivity index (χ2n) is 3.26. The minimum absolute atomic E-state index is 0.0729. The van der Waals surface area contributed by atoms with E-state index in [9.17, 15) is 4.79 Å². The van der Waals surface area contributed by atoms with Gasteiger partial charge in [0.1, 0.15) is 6.54 Å². The second-order valence-corrected chi connectivity index (χ2v) is 3.69. The molecule has 1 rings (SSSR count). The summed E-state index contributed by atoms with van der Waals surface area (Å²) in [7, 11) is 0. The van der Waals surface area contributed by atoms with Gasteiger partial charge in [-0.05, 0) is 13.3 Å². The molecule has 1 heterocycles. The van der Waals surface area contributed by atoms with Gasteiger partial charge in [0.05, 0.1) is 11.2 Å². The lowest BCUT2D eigenvalue weighted by molar-refractivity contribution is -0.121. The molecule has 0 spiro atoms. The van der Waals surface area contributed by atoms with Crippen LogP contribution < -0.4 is 5.32 Å². The number of nitrogens with one attached hydrogen (secondary N) is 1. The molecule has 0 aliphatic carbocycles. The van der Waals surface area contributed by atoms with Crippen molar-refractivity contribution in [1.29, 1.82) is 0 Å². The predicted octanol–water partition coefficient (Wildman–Crippen LogP) is 1.08. The zero-order valence-electron chi connectivity index (χ0n) is 9.28. The number of hydrogen-bond donors (Lipinski definition) is 1. The van der Waals surface area contributed by atoms with Crippen molar-refractivity contribution in [3.63, 3.8) is 0 Å². The maximum absolute atomic E-state index is 11.4. The molecule has 1 aromatic heterocycles. The fourth-order valence-corrected chi connectivity index (χ4v) is 1.33. The molecule has 0 radical (unpaired) electrons. The van der Waals surface area contributed by atoms with Gasteiger partial charge in [-0.1, -0.05) is 11.6 Å². The number of carbonyl (C=O) groups is 1. The van der Waals surface area contributed by atoms with Gasteiger partial charge in [0.2, 0.25) is 5.91 Å². The Kier molecular flexibility index (Phi) is 5.88. The fourth-order valence-electron chi connectivity index (χ4n) is 1.17. The maximum Gasteiger partial charge on any atom is 0.241 e. The quantitative estimate of drug-likeness (QED) is 0.732. The van der Waals surface area contributed by atoms with Gasteiger partial charge >= 0.3 is 0 Å². The zero-order chi connectivity index (χ0) is 11.8. The van der Waals surface area contributed by atoms with Crippen molar-refractivity contribution in [2.75, 3.05) is 19.8 Å². The number of nitrogens with zero attached hydrogens (tertiary/aromatic N) is 2. The summed E-state index contributed by atoms with van der Waals surface area (Å²) in [4.78, 5) is 11.4. The van der Waals surface area contributed by atoms with E-state index in [1.165, 1.54) is 10.9 Å². The highest BCUT2D eigenvalue weighted by Crippen LogP contribution is 2.03. The summed E-state index contributed by atoms with van der Waals surface area (Å²) in [5, 5.41) is 7.22. The van der Waals surface area contributed by atoms with Crippen LogP contribution in [0.5, 0.6) is 0 Å². The summed E-state index contributed by atoms with van der Waals surface area (Å²) in [5.41, 5.74) is 0. The average Bonchev–Trinajstić information content (AvgIpc) is 2.63. The third kappa shape index (κ3) is 5.14. The van der Waals surface area contributed by atoms with Crippen molar-refractivity contribution in [3.05, 3.63) is 17.4 Å². The molecule has 0 aliphatic heterocycles. The molecular formula is C10H16ClN3O2. The lowest BCUT2D eigenvalue weighted by Crippen LogP contribution is -2.29. The predicted molar refractivity (Wildman–Crippen MR) is 61.4 cm³/mol. The topological polar surface area (TPSA) is 56.1 Å². The third-order valence-corrected chi connectivity index (χ3v) is 2.09. The first kappa shape index (κ1) is 13.0. The van der Waals surface area contributed by atoms with Gasteiger partial charge in [-0.3, -0.25) is 9.48 Å². The number of rotatable bonds is 7. The highest BCUT2D eigenvalue weighted by Gasteiger charge is 2.02. The Balaban J connectivity index is 2.11. The lowest BCUT2D eigenvalue weighted by atomic mass is 10.4. The van der Waals surface area contributed by atoms with E-state index in [2.05, 4.69) is 10.4 Å². The van der Waals surface area contributed by atoms with Crippen LogP contribution in [0.4, 0.5) is 0 Å². The first-order valence-electron chi connectivity index (χ1n) is 5.24. The fraction of sp³-hybridized carbons (Fsp3) is 0.600. The van der Waals surface area contributed by atoms with E-state index < -0.39 is 0 Å². The number of halogens is 1. The molecule has 0 fully saturated rings. The molecule has 1 aromatic rings. The van der Waals surface area contributed by atoms with Gasteiger partial charge in [-0.15, -0.1) is 0 Å². The molecule has 5 nitrogen and oxygen atoms in total. The van der Waals surface area contributed by atoms with E-state index in [4.69, 9.17) is 16.3 Å². The number of ether oxygens (including phenoxy) is 1. The van der Waals surface area contributed by atoms with Crippen LogP contribution in [0.3, 0.4) is 0 Å². The Hall–Kier alpha value is -1.07.